The zero-order chi connectivity index (χ0) is 32.3. The molecule has 5 heteroatoms. The van der Waals surface area contributed by atoms with Gasteiger partial charge in [-0.15, -0.1) is 0 Å². The largest absolute Gasteiger partial charge is 0.457 e. The lowest BCUT2D eigenvalue weighted by atomic mass is 9.93. The Morgan fingerprint density at radius 1 is 0.449 bits per heavy atom. The molecule has 0 amide bonds. The van der Waals surface area contributed by atoms with Gasteiger partial charge in [0.1, 0.15) is 23.0 Å². The lowest BCUT2D eigenvalue weighted by Gasteiger charge is -2.16. The minimum atomic E-state index is 0.749. The van der Waals surface area contributed by atoms with Crippen LogP contribution in [0.5, 0.6) is 11.5 Å². The van der Waals surface area contributed by atoms with Crippen molar-refractivity contribution in [2.75, 3.05) is 0 Å². The average Bonchev–Trinajstić information content (AvgIpc) is 3.79. The van der Waals surface area contributed by atoms with Gasteiger partial charge in [-0.3, -0.25) is 8.97 Å². The summed E-state index contributed by atoms with van der Waals surface area (Å²) in [5.41, 5.74) is 8.86. The maximum absolute atomic E-state index is 6.63. The number of hydrogen-bond acceptors (Lipinski definition) is 3. The Labute approximate surface area is 281 Å². The number of benzene rings is 6. The van der Waals surface area contributed by atoms with Crippen LogP contribution in [0.2, 0.25) is 0 Å². The van der Waals surface area contributed by atoms with E-state index in [0.717, 1.165) is 66.6 Å². The van der Waals surface area contributed by atoms with Gasteiger partial charge >= 0.3 is 0 Å². The summed E-state index contributed by atoms with van der Waals surface area (Å²) in [4.78, 5) is 9.55. The smallest absolute Gasteiger partial charge is 0.145 e. The van der Waals surface area contributed by atoms with Crippen LogP contribution in [0.4, 0.5) is 0 Å². The van der Waals surface area contributed by atoms with Crippen LogP contribution in [0.25, 0.3) is 77.2 Å². The van der Waals surface area contributed by atoms with Gasteiger partial charge in [-0.05, 0) is 82.7 Å². The molecule has 0 saturated heterocycles. The Hall–Kier alpha value is -6.72. The second-order valence-electron chi connectivity index (χ2n) is 12.3. The molecule has 0 aliphatic heterocycles. The summed E-state index contributed by atoms with van der Waals surface area (Å²) in [6.07, 6.45) is 5.77. The Balaban J connectivity index is 1.16. The van der Waals surface area contributed by atoms with Gasteiger partial charge in [0, 0.05) is 51.8 Å². The van der Waals surface area contributed by atoms with Crippen LogP contribution in [-0.2, 0) is 0 Å². The molecule has 0 aliphatic rings. The van der Waals surface area contributed by atoms with Gasteiger partial charge in [0.2, 0.25) is 0 Å². The highest BCUT2D eigenvalue weighted by molar-refractivity contribution is 6.16. The Morgan fingerprint density at radius 2 is 1.16 bits per heavy atom. The summed E-state index contributed by atoms with van der Waals surface area (Å²) >= 11 is 0. The molecule has 4 heterocycles. The van der Waals surface area contributed by atoms with Crippen molar-refractivity contribution in [3.8, 4) is 39.6 Å². The van der Waals surface area contributed by atoms with Crippen molar-refractivity contribution in [1.82, 2.24) is 18.9 Å². The van der Waals surface area contributed by atoms with Crippen LogP contribution in [0.15, 0.2) is 170 Å². The molecule has 230 valence electrons. The molecule has 10 aromatic rings. The highest BCUT2D eigenvalue weighted by Gasteiger charge is 2.18. The molecule has 0 aliphatic carbocycles. The SMILES string of the molecule is c1ccc(-c2cc(-c3ccccc3)c3c(c2)c2ccc(Oc4ccc5c6ccccc6n(-c6ccccn6)c5c4)cc2c2nccn23)cc1. The number of pyridine rings is 2. The van der Waals surface area contributed by atoms with Crippen LogP contribution in [0, 0.1) is 0 Å². The zero-order valence-electron chi connectivity index (χ0n) is 26.4. The molecule has 0 fully saturated rings. The standard InChI is InChI=1S/C44H28N4O/c1-3-11-29(12-4-1)31-25-37(30-13-5-2-6-14-30)43-38(26-31)34-20-18-32(27-39(34)44-46-23-24-47(43)44)49-33-19-21-36-35-15-7-8-16-40(35)48(41(36)28-33)42-17-9-10-22-45-42/h1-28H. The normalized spacial score (nSPS) is 11.7. The zero-order valence-corrected chi connectivity index (χ0v) is 26.4. The third kappa shape index (κ3) is 4.40. The van der Waals surface area contributed by atoms with Gasteiger partial charge in [0.05, 0.1) is 16.6 Å². The van der Waals surface area contributed by atoms with Crippen molar-refractivity contribution in [3.05, 3.63) is 170 Å². The number of fused-ring (bicyclic) bond motifs is 9. The molecule has 0 saturated carbocycles. The predicted molar refractivity (Wildman–Crippen MR) is 200 cm³/mol. The van der Waals surface area contributed by atoms with Gasteiger partial charge in [0.25, 0.3) is 0 Å². The van der Waals surface area contributed by atoms with E-state index in [-0.39, 0.29) is 0 Å². The number of rotatable bonds is 5. The third-order valence-electron chi connectivity index (χ3n) is 9.46. The number of aromatic nitrogens is 4. The van der Waals surface area contributed by atoms with E-state index in [2.05, 4.69) is 148 Å². The number of nitrogens with zero attached hydrogens (tertiary/aromatic N) is 4. The molecule has 0 bridgehead atoms. The molecular formula is C44H28N4O. The van der Waals surface area contributed by atoms with E-state index in [1.165, 1.54) is 22.1 Å². The van der Waals surface area contributed by atoms with Gasteiger partial charge in [0.15, 0.2) is 0 Å². The monoisotopic (exact) mass is 628 g/mol. The predicted octanol–water partition coefficient (Wildman–Crippen LogP) is 11.3. The number of hydrogen-bond donors (Lipinski definition) is 0. The van der Waals surface area contributed by atoms with Gasteiger partial charge in [-0.25, -0.2) is 9.97 Å². The molecular weight excluding hydrogens is 601 g/mol. The molecule has 0 radical (unpaired) electrons. The lowest BCUT2D eigenvalue weighted by molar-refractivity contribution is 0.484. The molecule has 5 nitrogen and oxygen atoms in total. The van der Waals surface area contributed by atoms with E-state index in [1.54, 1.807) is 0 Å². The van der Waals surface area contributed by atoms with Crippen molar-refractivity contribution >= 4 is 49.1 Å². The molecule has 0 unspecified atom stereocenters. The second-order valence-corrected chi connectivity index (χ2v) is 12.3. The first-order valence-corrected chi connectivity index (χ1v) is 16.4. The van der Waals surface area contributed by atoms with Crippen LogP contribution in [0.1, 0.15) is 0 Å². The minimum Gasteiger partial charge on any atom is -0.457 e. The van der Waals surface area contributed by atoms with E-state index in [9.17, 15) is 0 Å². The molecule has 6 aromatic carbocycles. The summed E-state index contributed by atoms with van der Waals surface area (Å²) in [6, 6.07) is 52.9. The summed E-state index contributed by atoms with van der Waals surface area (Å²) < 4.78 is 11.1. The fourth-order valence-corrected chi connectivity index (χ4v) is 7.31. The molecule has 0 spiro atoms. The average molecular weight is 629 g/mol. The maximum Gasteiger partial charge on any atom is 0.145 e. The maximum atomic E-state index is 6.63. The summed E-state index contributed by atoms with van der Waals surface area (Å²) in [7, 11) is 0. The van der Waals surface area contributed by atoms with Crippen LogP contribution >= 0.6 is 0 Å². The molecule has 4 aromatic heterocycles. The van der Waals surface area contributed by atoms with Crippen LogP contribution in [-0.4, -0.2) is 18.9 Å². The van der Waals surface area contributed by atoms with Crippen molar-refractivity contribution in [1.29, 1.82) is 0 Å². The quantitative estimate of drug-likeness (QED) is 0.178. The molecule has 0 N–H and O–H groups in total. The van der Waals surface area contributed by atoms with E-state index >= 15 is 0 Å². The Bertz CT molecular complexity index is 2840. The highest BCUT2D eigenvalue weighted by atomic mass is 16.5. The third-order valence-corrected chi connectivity index (χ3v) is 9.46. The summed E-state index contributed by atoms with van der Waals surface area (Å²) in [5, 5.41) is 5.65. The lowest BCUT2D eigenvalue weighted by Crippen LogP contribution is -1.96. The van der Waals surface area contributed by atoms with Crippen molar-refractivity contribution in [2.24, 2.45) is 0 Å². The first-order valence-electron chi connectivity index (χ1n) is 16.4. The number of imidazole rings is 1. The van der Waals surface area contributed by atoms with Crippen LogP contribution < -0.4 is 4.74 Å². The van der Waals surface area contributed by atoms with E-state index in [4.69, 9.17) is 9.72 Å². The minimum absolute atomic E-state index is 0.749. The fraction of sp³-hybridized carbons (Fsp3) is 0. The number of ether oxygens (including phenoxy) is 1. The fourth-order valence-electron chi connectivity index (χ4n) is 7.31. The first kappa shape index (κ1) is 27.4. The molecule has 0 atom stereocenters. The van der Waals surface area contributed by atoms with E-state index < -0.39 is 0 Å². The number of para-hydroxylation sites is 1. The molecule has 49 heavy (non-hydrogen) atoms. The first-order chi connectivity index (χ1) is 24.3. The summed E-state index contributed by atoms with van der Waals surface area (Å²) in [6.45, 7) is 0. The Morgan fingerprint density at radius 3 is 1.98 bits per heavy atom. The van der Waals surface area contributed by atoms with Gasteiger partial charge in [-0.2, -0.15) is 0 Å². The summed E-state index contributed by atoms with van der Waals surface area (Å²) in [5.74, 6) is 2.37. The Kier molecular flexibility index (Phi) is 6.11. The van der Waals surface area contributed by atoms with E-state index in [0.29, 0.717) is 0 Å². The van der Waals surface area contributed by atoms with Gasteiger partial charge < -0.3 is 4.74 Å². The highest BCUT2D eigenvalue weighted by Crippen LogP contribution is 2.41. The van der Waals surface area contributed by atoms with Crippen LogP contribution in [0.3, 0.4) is 0 Å². The van der Waals surface area contributed by atoms with E-state index in [1.807, 2.05) is 36.7 Å². The topological polar surface area (TPSA) is 44.3 Å². The second kappa shape index (κ2) is 10.9. The van der Waals surface area contributed by atoms with Crippen molar-refractivity contribution < 1.29 is 4.74 Å². The van der Waals surface area contributed by atoms with Crippen molar-refractivity contribution in [3.63, 3.8) is 0 Å². The molecule has 10 rings (SSSR count). The van der Waals surface area contributed by atoms with Crippen molar-refractivity contribution in [2.45, 2.75) is 0 Å². The van der Waals surface area contributed by atoms with Gasteiger partial charge in [-0.1, -0.05) is 84.9 Å².